The number of aryl methyl sites for hydroxylation is 1. The second kappa shape index (κ2) is 8.57. The van der Waals surface area contributed by atoms with Crippen LogP contribution in [0.3, 0.4) is 0 Å². The van der Waals surface area contributed by atoms with Gasteiger partial charge in [0.2, 0.25) is 0 Å². The van der Waals surface area contributed by atoms with Crippen molar-refractivity contribution in [1.82, 2.24) is 19.3 Å². The molecule has 3 heterocycles. The lowest BCUT2D eigenvalue weighted by Gasteiger charge is -2.36. The first-order valence-corrected chi connectivity index (χ1v) is 10.8. The smallest absolute Gasteiger partial charge is 0.350 e. The van der Waals surface area contributed by atoms with Crippen molar-refractivity contribution in [2.24, 2.45) is 0 Å². The van der Waals surface area contributed by atoms with Crippen molar-refractivity contribution in [2.75, 3.05) is 11.4 Å². The third-order valence-corrected chi connectivity index (χ3v) is 6.19. The van der Waals surface area contributed by atoms with Gasteiger partial charge in [-0.1, -0.05) is 23.8 Å². The summed E-state index contributed by atoms with van der Waals surface area (Å²) in [4.78, 5) is 31.9. The van der Waals surface area contributed by atoms with Crippen LogP contribution in [-0.4, -0.2) is 36.9 Å². The lowest BCUT2D eigenvalue weighted by Crippen LogP contribution is -2.41. The predicted octanol–water partition coefficient (Wildman–Crippen LogP) is 3.36. The van der Waals surface area contributed by atoms with Gasteiger partial charge < -0.3 is 10.0 Å². The molecule has 1 amide bonds. The molecule has 1 aromatic carbocycles. The Kier molecular flexibility index (Phi) is 5.94. The van der Waals surface area contributed by atoms with Crippen LogP contribution in [0.5, 0.6) is 0 Å². The van der Waals surface area contributed by atoms with Crippen molar-refractivity contribution >= 4 is 23.2 Å². The number of carbonyl (C=O) groups is 1. The number of aliphatic hydroxyl groups excluding tert-OH is 1. The molecule has 0 fully saturated rings. The lowest BCUT2D eigenvalue weighted by molar-refractivity contribution is 0.0977. The number of halogens is 2. The minimum Gasteiger partial charge on any atom is -0.388 e. The Morgan fingerprint density at radius 3 is 2.67 bits per heavy atom. The van der Waals surface area contributed by atoms with E-state index in [9.17, 15) is 14.7 Å². The molecular formula is C23H23ClFN5O3. The van der Waals surface area contributed by atoms with Crippen LogP contribution < -0.4 is 10.6 Å². The summed E-state index contributed by atoms with van der Waals surface area (Å²) in [6.07, 6.45) is 1.56. The molecule has 3 aromatic rings. The molecule has 1 aliphatic rings. The largest absolute Gasteiger partial charge is 0.388 e. The molecule has 0 radical (unpaired) electrons. The summed E-state index contributed by atoms with van der Waals surface area (Å²) in [5, 5.41) is 14.0. The van der Waals surface area contributed by atoms with Gasteiger partial charge in [-0.15, -0.1) is 5.10 Å². The maximum absolute atomic E-state index is 15.3. The molecule has 33 heavy (non-hydrogen) atoms. The van der Waals surface area contributed by atoms with Crippen molar-refractivity contribution in [3.63, 3.8) is 0 Å². The van der Waals surface area contributed by atoms with Gasteiger partial charge in [0.15, 0.2) is 5.82 Å². The number of benzene rings is 1. The standard InChI is InChI=1S/C23H23ClFN5O3/c1-5-28-20(11-31)27-30(23(28)33)19-9-14-15(8-18(19)25)22(32)29(10-16(14)12(2)3)21-13(4)26-7-6-17(21)24/h6-9,16,31H,2,5,10-11H2,1,3-4H3. The van der Waals surface area contributed by atoms with Gasteiger partial charge in [-0.05, 0) is 44.5 Å². The molecule has 0 spiro atoms. The quantitative estimate of drug-likeness (QED) is 0.576. The van der Waals surface area contributed by atoms with Gasteiger partial charge in [0.25, 0.3) is 5.91 Å². The molecule has 2 aromatic heterocycles. The number of pyridine rings is 1. The number of hydrogen-bond donors (Lipinski definition) is 1. The molecule has 1 atom stereocenters. The Balaban J connectivity index is 1.91. The summed E-state index contributed by atoms with van der Waals surface area (Å²) in [5.74, 6) is -1.42. The van der Waals surface area contributed by atoms with E-state index in [1.54, 1.807) is 26.1 Å². The van der Waals surface area contributed by atoms with E-state index in [1.165, 1.54) is 15.5 Å². The van der Waals surface area contributed by atoms with Crippen LogP contribution in [0.25, 0.3) is 5.69 Å². The number of aromatic nitrogens is 4. The van der Waals surface area contributed by atoms with E-state index in [0.717, 1.165) is 16.3 Å². The van der Waals surface area contributed by atoms with Gasteiger partial charge in [0, 0.05) is 30.8 Å². The first kappa shape index (κ1) is 22.9. The van der Waals surface area contributed by atoms with E-state index >= 15 is 4.39 Å². The highest BCUT2D eigenvalue weighted by Gasteiger charge is 2.36. The highest BCUT2D eigenvalue weighted by atomic mass is 35.5. The topological polar surface area (TPSA) is 93.2 Å². The monoisotopic (exact) mass is 471 g/mol. The van der Waals surface area contributed by atoms with Gasteiger partial charge in [0.1, 0.15) is 18.1 Å². The lowest BCUT2D eigenvalue weighted by atomic mass is 9.84. The van der Waals surface area contributed by atoms with Crippen molar-refractivity contribution in [3.8, 4) is 5.69 Å². The van der Waals surface area contributed by atoms with Crippen molar-refractivity contribution in [3.05, 3.63) is 80.5 Å². The summed E-state index contributed by atoms with van der Waals surface area (Å²) in [6.45, 7) is 9.41. The van der Waals surface area contributed by atoms with Crippen LogP contribution >= 0.6 is 11.6 Å². The number of nitrogens with zero attached hydrogens (tertiary/aromatic N) is 5. The van der Waals surface area contributed by atoms with E-state index in [1.807, 2.05) is 6.92 Å². The van der Waals surface area contributed by atoms with Crippen molar-refractivity contribution in [2.45, 2.75) is 39.8 Å². The summed E-state index contributed by atoms with van der Waals surface area (Å²) in [6, 6.07) is 4.18. The molecule has 0 aliphatic carbocycles. The molecule has 1 N–H and O–H groups in total. The summed E-state index contributed by atoms with van der Waals surface area (Å²) in [5.41, 5.74) is 1.83. The van der Waals surface area contributed by atoms with E-state index in [4.69, 9.17) is 11.6 Å². The number of carbonyl (C=O) groups excluding carboxylic acids is 1. The van der Waals surface area contributed by atoms with Crippen LogP contribution in [0.1, 0.15) is 47.2 Å². The summed E-state index contributed by atoms with van der Waals surface area (Å²) < 4.78 is 17.5. The molecule has 0 saturated heterocycles. The van der Waals surface area contributed by atoms with Gasteiger partial charge in [0.05, 0.1) is 16.4 Å². The Morgan fingerprint density at radius 2 is 2.09 bits per heavy atom. The zero-order valence-corrected chi connectivity index (χ0v) is 19.2. The van der Waals surface area contributed by atoms with Crippen LogP contribution in [0.15, 0.2) is 41.3 Å². The van der Waals surface area contributed by atoms with Gasteiger partial charge in [-0.3, -0.25) is 14.3 Å². The Labute approximate surface area is 194 Å². The average Bonchev–Trinajstić information content (AvgIpc) is 3.10. The molecule has 1 aliphatic heterocycles. The van der Waals surface area contributed by atoms with Crippen molar-refractivity contribution < 1.29 is 14.3 Å². The molecule has 8 nitrogen and oxygen atoms in total. The fourth-order valence-corrected chi connectivity index (χ4v) is 4.51. The maximum atomic E-state index is 15.3. The van der Waals surface area contributed by atoms with Crippen molar-refractivity contribution in [1.29, 1.82) is 0 Å². The van der Waals surface area contributed by atoms with Crippen LogP contribution in [0.2, 0.25) is 5.02 Å². The molecule has 10 heteroatoms. The number of amides is 1. The van der Waals surface area contributed by atoms with Gasteiger partial charge in [-0.25, -0.2) is 9.18 Å². The molecule has 172 valence electrons. The van der Waals surface area contributed by atoms with Crippen LogP contribution in [0.4, 0.5) is 10.1 Å². The minimum atomic E-state index is -0.786. The summed E-state index contributed by atoms with van der Waals surface area (Å²) in [7, 11) is 0. The number of anilines is 1. The molecular weight excluding hydrogens is 449 g/mol. The second-order valence-corrected chi connectivity index (χ2v) is 8.35. The van der Waals surface area contributed by atoms with Gasteiger partial charge >= 0.3 is 5.69 Å². The maximum Gasteiger partial charge on any atom is 0.350 e. The number of hydrogen-bond acceptors (Lipinski definition) is 5. The van der Waals surface area contributed by atoms with Gasteiger partial charge in [-0.2, -0.15) is 4.68 Å². The van der Waals surface area contributed by atoms with E-state index < -0.39 is 24.0 Å². The van der Waals surface area contributed by atoms with Crippen LogP contribution in [0, 0.1) is 12.7 Å². The third kappa shape index (κ3) is 3.67. The minimum absolute atomic E-state index is 0.0938. The van der Waals surface area contributed by atoms with E-state index in [-0.39, 0.29) is 36.1 Å². The fourth-order valence-electron chi connectivity index (χ4n) is 4.22. The molecule has 4 rings (SSSR count). The molecule has 0 saturated carbocycles. The number of fused-ring (bicyclic) bond motifs is 1. The zero-order valence-electron chi connectivity index (χ0n) is 18.5. The second-order valence-electron chi connectivity index (χ2n) is 7.95. The highest BCUT2D eigenvalue weighted by molar-refractivity contribution is 6.34. The Hall–Kier alpha value is -3.30. The Bertz CT molecular complexity index is 1330. The first-order chi connectivity index (χ1) is 15.7. The van der Waals surface area contributed by atoms with Crippen LogP contribution in [-0.2, 0) is 13.2 Å². The first-order valence-electron chi connectivity index (χ1n) is 10.4. The predicted molar refractivity (Wildman–Crippen MR) is 123 cm³/mol. The zero-order chi connectivity index (χ0) is 24.0. The third-order valence-electron chi connectivity index (χ3n) is 5.88. The average molecular weight is 472 g/mol. The van der Waals surface area contributed by atoms with E-state index in [0.29, 0.717) is 22.0 Å². The number of aliphatic hydroxyl groups is 1. The fraction of sp³-hybridized carbons (Fsp3) is 0.304. The number of rotatable bonds is 5. The normalized spacial score (nSPS) is 15.6. The SMILES string of the molecule is C=C(C)C1CN(c2c(Cl)ccnc2C)C(=O)c2cc(F)c(-n3nc(CO)n(CC)c3=O)cc21. The Morgan fingerprint density at radius 1 is 1.36 bits per heavy atom. The highest BCUT2D eigenvalue weighted by Crippen LogP contribution is 2.39. The molecule has 1 unspecified atom stereocenters. The summed E-state index contributed by atoms with van der Waals surface area (Å²) >= 11 is 6.38. The molecule has 0 bridgehead atoms. The van der Waals surface area contributed by atoms with E-state index in [2.05, 4.69) is 16.7 Å².